The number of hydrogen-bond donors (Lipinski definition) is 2. The van der Waals surface area contributed by atoms with E-state index in [0.29, 0.717) is 24.3 Å². The van der Waals surface area contributed by atoms with Crippen molar-refractivity contribution in [3.8, 4) is 0 Å². The van der Waals surface area contributed by atoms with Crippen LogP contribution in [-0.4, -0.2) is 9.97 Å². The minimum atomic E-state index is -0.0988. The van der Waals surface area contributed by atoms with E-state index in [0.717, 1.165) is 9.99 Å². The highest BCUT2D eigenvalue weighted by atomic mass is 79.9. The Labute approximate surface area is 130 Å². The summed E-state index contributed by atoms with van der Waals surface area (Å²) in [5, 5.41) is 3.91. The third-order valence-electron chi connectivity index (χ3n) is 3.23. The minimum absolute atomic E-state index is 0.0988. The molecule has 106 valence electrons. The Morgan fingerprint density at radius 1 is 1.05 bits per heavy atom. The van der Waals surface area contributed by atoms with E-state index in [1.165, 1.54) is 5.56 Å². The molecule has 21 heavy (non-hydrogen) atoms. The molecule has 0 fully saturated rings. The number of halogens is 1. The van der Waals surface area contributed by atoms with Crippen molar-refractivity contribution < 1.29 is 0 Å². The average Bonchev–Trinajstić information content (AvgIpc) is 2.49. The summed E-state index contributed by atoms with van der Waals surface area (Å²) < 4.78 is 1.07. The number of aromatic nitrogens is 2. The maximum absolute atomic E-state index is 12.0. The van der Waals surface area contributed by atoms with Gasteiger partial charge >= 0.3 is 0 Å². The van der Waals surface area contributed by atoms with Crippen LogP contribution in [0, 0.1) is 0 Å². The lowest BCUT2D eigenvalue weighted by atomic mass is 10.2. The Kier molecular flexibility index (Phi) is 4.13. The standard InChI is InChI=1S/C16H14BrN3O/c17-13-7-3-1-5-11(13)9-18-10-15-19-14-8-4-2-6-12(14)16(21)20-15/h1-8,18H,9-10H2,(H,19,20,21). The molecular formula is C16H14BrN3O. The van der Waals surface area contributed by atoms with Gasteiger partial charge in [0.15, 0.2) is 0 Å². The molecule has 0 amide bonds. The van der Waals surface area contributed by atoms with Crippen molar-refractivity contribution in [3.63, 3.8) is 0 Å². The topological polar surface area (TPSA) is 57.8 Å². The normalized spacial score (nSPS) is 10.9. The zero-order valence-corrected chi connectivity index (χ0v) is 12.9. The molecule has 0 aliphatic rings. The van der Waals surface area contributed by atoms with Crippen LogP contribution in [0.4, 0.5) is 0 Å². The van der Waals surface area contributed by atoms with Gasteiger partial charge in [0, 0.05) is 11.0 Å². The van der Waals surface area contributed by atoms with Gasteiger partial charge in [0.2, 0.25) is 0 Å². The van der Waals surface area contributed by atoms with Gasteiger partial charge in [0.1, 0.15) is 5.82 Å². The second kappa shape index (κ2) is 6.20. The predicted molar refractivity (Wildman–Crippen MR) is 87.0 cm³/mol. The highest BCUT2D eigenvalue weighted by molar-refractivity contribution is 9.10. The Balaban J connectivity index is 1.74. The Bertz CT molecular complexity index is 829. The third kappa shape index (κ3) is 3.20. The highest BCUT2D eigenvalue weighted by Gasteiger charge is 2.03. The largest absolute Gasteiger partial charge is 0.309 e. The van der Waals surface area contributed by atoms with E-state index < -0.39 is 0 Å². The zero-order chi connectivity index (χ0) is 14.7. The molecule has 3 rings (SSSR count). The first kappa shape index (κ1) is 14.0. The summed E-state index contributed by atoms with van der Waals surface area (Å²) in [6.07, 6.45) is 0. The van der Waals surface area contributed by atoms with E-state index in [-0.39, 0.29) is 5.56 Å². The van der Waals surface area contributed by atoms with Crippen LogP contribution in [0.15, 0.2) is 57.8 Å². The van der Waals surface area contributed by atoms with E-state index in [1.807, 2.05) is 42.5 Å². The SMILES string of the molecule is O=c1[nH]c(CNCc2ccccc2Br)nc2ccccc12. The summed E-state index contributed by atoms with van der Waals surface area (Å²) in [6.45, 7) is 1.22. The van der Waals surface area contributed by atoms with Crippen LogP contribution in [0.25, 0.3) is 10.9 Å². The van der Waals surface area contributed by atoms with Gasteiger partial charge in [-0.15, -0.1) is 0 Å². The summed E-state index contributed by atoms with van der Waals surface area (Å²) >= 11 is 3.51. The van der Waals surface area contributed by atoms with E-state index >= 15 is 0 Å². The van der Waals surface area contributed by atoms with Gasteiger partial charge in [-0.05, 0) is 23.8 Å². The molecule has 0 spiro atoms. The van der Waals surface area contributed by atoms with Crippen LogP contribution in [0.5, 0.6) is 0 Å². The number of benzene rings is 2. The molecule has 4 nitrogen and oxygen atoms in total. The fraction of sp³-hybridized carbons (Fsp3) is 0.125. The summed E-state index contributed by atoms with van der Waals surface area (Å²) in [5.41, 5.74) is 1.79. The summed E-state index contributed by atoms with van der Waals surface area (Å²) in [7, 11) is 0. The van der Waals surface area contributed by atoms with Crippen LogP contribution < -0.4 is 10.9 Å². The lowest BCUT2D eigenvalue weighted by Gasteiger charge is -2.07. The van der Waals surface area contributed by atoms with Crippen molar-refractivity contribution in [1.82, 2.24) is 15.3 Å². The smallest absolute Gasteiger partial charge is 0.258 e. The number of para-hydroxylation sites is 1. The second-order valence-electron chi connectivity index (χ2n) is 4.72. The molecule has 0 bridgehead atoms. The van der Waals surface area contributed by atoms with E-state index in [2.05, 4.69) is 31.2 Å². The number of nitrogens with zero attached hydrogens (tertiary/aromatic N) is 1. The molecule has 0 saturated carbocycles. The quantitative estimate of drug-likeness (QED) is 0.765. The molecule has 5 heteroatoms. The molecule has 0 unspecified atom stereocenters. The number of nitrogens with one attached hydrogen (secondary N) is 2. The monoisotopic (exact) mass is 343 g/mol. The number of fused-ring (bicyclic) bond motifs is 1. The highest BCUT2D eigenvalue weighted by Crippen LogP contribution is 2.15. The van der Waals surface area contributed by atoms with Crippen LogP contribution in [-0.2, 0) is 13.1 Å². The maximum atomic E-state index is 12.0. The van der Waals surface area contributed by atoms with E-state index in [4.69, 9.17) is 0 Å². The lowest BCUT2D eigenvalue weighted by Crippen LogP contribution is -2.19. The molecule has 1 heterocycles. The molecule has 2 aromatic carbocycles. The van der Waals surface area contributed by atoms with Gasteiger partial charge in [-0.25, -0.2) is 4.98 Å². The van der Waals surface area contributed by atoms with Crippen LogP contribution >= 0.6 is 15.9 Å². The van der Waals surface area contributed by atoms with Crippen LogP contribution in [0.1, 0.15) is 11.4 Å². The van der Waals surface area contributed by atoms with Crippen molar-refractivity contribution in [2.24, 2.45) is 0 Å². The van der Waals surface area contributed by atoms with Gasteiger partial charge in [-0.1, -0.05) is 46.3 Å². The molecule has 0 aliphatic carbocycles. The number of aromatic amines is 1. The molecule has 3 aromatic rings. The average molecular weight is 344 g/mol. The van der Waals surface area contributed by atoms with Crippen molar-refractivity contribution in [2.45, 2.75) is 13.1 Å². The van der Waals surface area contributed by atoms with Crippen molar-refractivity contribution >= 4 is 26.8 Å². The minimum Gasteiger partial charge on any atom is -0.309 e. The Hall–Kier alpha value is -1.98. The molecule has 0 atom stereocenters. The molecular weight excluding hydrogens is 330 g/mol. The van der Waals surface area contributed by atoms with Crippen molar-refractivity contribution in [3.05, 3.63) is 74.7 Å². The molecule has 0 radical (unpaired) electrons. The van der Waals surface area contributed by atoms with Gasteiger partial charge in [0.25, 0.3) is 5.56 Å². The Morgan fingerprint density at radius 2 is 1.81 bits per heavy atom. The fourth-order valence-electron chi connectivity index (χ4n) is 2.18. The summed E-state index contributed by atoms with van der Waals surface area (Å²) in [6, 6.07) is 15.4. The molecule has 0 saturated heterocycles. The molecule has 1 aromatic heterocycles. The first-order chi connectivity index (χ1) is 10.2. The van der Waals surface area contributed by atoms with Crippen LogP contribution in [0.3, 0.4) is 0 Å². The van der Waals surface area contributed by atoms with Crippen molar-refractivity contribution in [1.29, 1.82) is 0 Å². The van der Waals surface area contributed by atoms with Gasteiger partial charge in [-0.2, -0.15) is 0 Å². The number of rotatable bonds is 4. The summed E-state index contributed by atoms with van der Waals surface area (Å²) in [4.78, 5) is 19.2. The zero-order valence-electron chi connectivity index (χ0n) is 11.3. The molecule has 2 N–H and O–H groups in total. The number of H-pyrrole nitrogens is 1. The predicted octanol–water partition coefficient (Wildman–Crippen LogP) is 2.98. The van der Waals surface area contributed by atoms with Gasteiger partial charge in [-0.3, -0.25) is 4.79 Å². The van der Waals surface area contributed by atoms with Crippen molar-refractivity contribution in [2.75, 3.05) is 0 Å². The number of hydrogen-bond acceptors (Lipinski definition) is 3. The lowest BCUT2D eigenvalue weighted by molar-refractivity contribution is 0.662. The Morgan fingerprint density at radius 3 is 2.67 bits per heavy atom. The first-order valence-corrected chi connectivity index (χ1v) is 7.45. The first-order valence-electron chi connectivity index (χ1n) is 6.66. The summed E-state index contributed by atoms with van der Waals surface area (Å²) in [5.74, 6) is 0.644. The van der Waals surface area contributed by atoms with Gasteiger partial charge < -0.3 is 10.3 Å². The molecule has 0 aliphatic heterocycles. The third-order valence-corrected chi connectivity index (χ3v) is 4.00. The fourth-order valence-corrected chi connectivity index (χ4v) is 2.60. The van der Waals surface area contributed by atoms with E-state index in [1.54, 1.807) is 6.07 Å². The van der Waals surface area contributed by atoms with E-state index in [9.17, 15) is 4.79 Å². The maximum Gasteiger partial charge on any atom is 0.258 e. The second-order valence-corrected chi connectivity index (χ2v) is 5.58. The van der Waals surface area contributed by atoms with Gasteiger partial charge in [0.05, 0.1) is 17.4 Å². The van der Waals surface area contributed by atoms with Crippen LogP contribution in [0.2, 0.25) is 0 Å².